The maximum Gasteiger partial charge on any atom is 0.233 e. The van der Waals surface area contributed by atoms with Gasteiger partial charge < -0.3 is 15.7 Å². The van der Waals surface area contributed by atoms with Crippen molar-refractivity contribution in [1.29, 1.82) is 0 Å². The van der Waals surface area contributed by atoms with Crippen LogP contribution in [0.4, 0.5) is 0 Å². The molecule has 1 aromatic rings. The van der Waals surface area contributed by atoms with Crippen LogP contribution in [0.2, 0.25) is 0 Å². The van der Waals surface area contributed by atoms with E-state index in [1.54, 1.807) is 19.2 Å². The quantitative estimate of drug-likeness (QED) is 0.212. The second-order valence-corrected chi connectivity index (χ2v) is 8.02. The number of phenols is 1. The molecule has 2 amide bonds. The van der Waals surface area contributed by atoms with Crippen molar-refractivity contribution in [2.45, 2.75) is 19.3 Å². The number of likely N-dealkylation sites (tertiary alicyclic amines) is 1. The molecule has 3 aliphatic rings. The number of rotatable bonds is 7. The van der Waals surface area contributed by atoms with Crippen LogP contribution in [-0.4, -0.2) is 54.5 Å². The van der Waals surface area contributed by atoms with Crippen LogP contribution in [0.5, 0.6) is 5.75 Å². The molecule has 7 heteroatoms. The zero-order valence-corrected chi connectivity index (χ0v) is 16.7. The van der Waals surface area contributed by atoms with Gasteiger partial charge in [-0.15, -0.1) is 0 Å². The molecule has 0 spiro atoms. The van der Waals surface area contributed by atoms with Crippen LogP contribution in [0.25, 0.3) is 0 Å². The lowest BCUT2D eigenvalue weighted by Gasteiger charge is -2.18. The summed E-state index contributed by atoms with van der Waals surface area (Å²) >= 11 is 0. The zero-order chi connectivity index (χ0) is 20.4. The highest BCUT2D eigenvalue weighted by Crippen LogP contribution is 2.52. The zero-order valence-electron chi connectivity index (χ0n) is 16.7. The molecule has 4 atom stereocenters. The molecule has 1 aromatic carbocycles. The van der Waals surface area contributed by atoms with Gasteiger partial charge in [-0.05, 0) is 48.8 Å². The summed E-state index contributed by atoms with van der Waals surface area (Å²) in [6, 6.07) is 7.23. The number of benzene rings is 1. The number of fused-ring (bicyclic) bond motifs is 5. The summed E-state index contributed by atoms with van der Waals surface area (Å²) in [6.07, 6.45) is 7.01. The number of guanidine groups is 1. The van der Waals surface area contributed by atoms with Gasteiger partial charge in [0.2, 0.25) is 11.8 Å². The van der Waals surface area contributed by atoms with Gasteiger partial charge in [0.25, 0.3) is 0 Å². The van der Waals surface area contributed by atoms with Crippen molar-refractivity contribution in [2.24, 2.45) is 28.7 Å². The van der Waals surface area contributed by atoms with Crippen molar-refractivity contribution < 1.29 is 14.7 Å². The van der Waals surface area contributed by atoms with Crippen molar-refractivity contribution in [2.75, 3.05) is 26.7 Å². The highest BCUT2D eigenvalue weighted by atomic mass is 16.3. The number of nitrogens with zero attached hydrogens (tertiary/aromatic N) is 2. The van der Waals surface area contributed by atoms with Crippen LogP contribution < -0.4 is 10.6 Å². The predicted octanol–water partition coefficient (Wildman–Crippen LogP) is 1.30. The Kier molecular flexibility index (Phi) is 5.56. The Morgan fingerprint density at radius 3 is 2.31 bits per heavy atom. The SMILES string of the molecule is CN=C(NCCCc1ccc(O)cc1)NCCN1C(=O)C2C3C=CC(C3)C2C1=O. The molecule has 2 aliphatic carbocycles. The summed E-state index contributed by atoms with van der Waals surface area (Å²) in [6.45, 7) is 1.61. The van der Waals surface area contributed by atoms with E-state index in [0.29, 0.717) is 19.0 Å². The average Bonchev–Trinajstić information content (AvgIpc) is 3.40. The maximum absolute atomic E-state index is 12.7. The van der Waals surface area contributed by atoms with Crippen molar-refractivity contribution >= 4 is 17.8 Å². The van der Waals surface area contributed by atoms with Crippen molar-refractivity contribution in [1.82, 2.24) is 15.5 Å². The van der Waals surface area contributed by atoms with Crippen molar-refractivity contribution in [3.63, 3.8) is 0 Å². The Morgan fingerprint density at radius 1 is 1.07 bits per heavy atom. The molecule has 2 bridgehead atoms. The molecule has 4 rings (SSSR count). The minimum atomic E-state index is -0.130. The molecule has 1 heterocycles. The van der Waals surface area contributed by atoms with Gasteiger partial charge in [0, 0.05) is 26.7 Å². The lowest BCUT2D eigenvalue weighted by atomic mass is 9.85. The molecule has 3 N–H and O–H groups in total. The van der Waals surface area contributed by atoms with E-state index in [0.717, 1.165) is 25.8 Å². The third-order valence-electron chi connectivity index (χ3n) is 6.28. The first-order valence-electron chi connectivity index (χ1n) is 10.3. The standard InChI is InChI=1S/C22H28N4O3/c1-23-22(24-10-2-3-14-4-8-17(27)9-5-14)25-11-12-26-20(28)18-15-6-7-16(13-15)19(18)21(26)29/h4-9,15-16,18-19,27H,2-3,10-13H2,1H3,(H2,23,24,25). The number of aryl methyl sites for hydroxylation is 1. The summed E-state index contributed by atoms with van der Waals surface area (Å²) in [5, 5.41) is 15.8. The molecule has 4 unspecified atom stereocenters. The molecule has 7 nitrogen and oxygen atoms in total. The van der Waals surface area contributed by atoms with Gasteiger partial charge in [-0.1, -0.05) is 24.3 Å². The van der Waals surface area contributed by atoms with Gasteiger partial charge in [-0.25, -0.2) is 0 Å². The van der Waals surface area contributed by atoms with E-state index in [1.165, 1.54) is 10.5 Å². The number of phenolic OH excluding ortho intramolecular Hbond substituents is 1. The van der Waals surface area contributed by atoms with Crippen molar-refractivity contribution in [3.05, 3.63) is 42.0 Å². The Bertz CT molecular complexity index is 803. The number of imide groups is 1. The molecule has 2 fully saturated rings. The topological polar surface area (TPSA) is 94.0 Å². The molecule has 1 saturated carbocycles. The number of aliphatic imine (C=N–C) groups is 1. The average molecular weight is 396 g/mol. The van der Waals surface area contributed by atoms with Crippen LogP contribution in [0.1, 0.15) is 18.4 Å². The lowest BCUT2D eigenvalue weighted by molar-refractivity contribution is -0.140. The fourth-order valence-electron chi connectivity index (χ4n) is 4.85. The minimum Gasteiger partial charge on any atom is -0.508 e. The Balaban J connectivity index is 1.18. The summed E-state index contributed by atoms with van der Waals surface area (Å²) < 4.78 is 0. The monoisotopic (exact) mass is 396 g/mol. The smallest absolute Gasteiger partial charge is 0.233 e. The Labute approximate surface area is 170 Å². The number of amides is 2. The first-order chi connectivity index (χ1) is 14.1. The van der Waals surface area contributed by atoms with E-state index in [1.807, 2.05) is 12.1 Å². The van der Waals surface area contributed by atoms with Crippen molar-refractivity contribution in [3.8, 4) is 5.75 Å². The fourth-order valence-corrected chi connectivity index (χ4v) is 4.85. The van der Waals surface area contributed by atoms with E-state index in [4.69, 9.17) is 0 Å². The highest BCUT2D eigenvalue weighted by molar-refractivity contribution is 6.06. The third kappa shape index (κ3) is 3.86. The summed E-state index contributed by atoms with van der Waals surface area (Å²) in [7, 11) is 1.70. The molecule has 154 valence electrons. The first-order valence-corrected chi connectivity index (χ1v) is 10.3. The van der Waals surface area contributed by atoms with Gasteiger partial charge in [0.1, 0.15) is 5.75 Å². The van der Waals surface area contributed by atoms with Gasteiger partial charge in [0.05, 0.1) is 11.8 Å². The predicted molar refractivity (Wildman–Crippen MR) is 110 cm³/mol. The third-order valence-corrected chi connectivity index (χ3v) is 6.28. The summed E-state index contributed by atoms with van der Waals surface area (Å²) in [4.78, 5) is 31.0. The first kappa shape index (κ1) is 19.5. The van der Waals surface area contributed by atoms with E-state index >= 15 is 0 Å². The minimum absolute atomic E-state index is 0.00417. The van der Waals surface area contributed by atoms with Gasteiger partial charge in [-0.3, -0.25) is 19.5 Å². The highest BCUT2D eigenvalue weighted by Gasteiger charge is 2.58. The molecular formula is C22H28N4O3. The fraction of sp³-hybridized carbons (Fsp3) is 0.500. The summed E-state index contributed by atoms with van der Waals surface area (Å²) in [5.74, 6) is 1.18. The number of hydrogen-bond acceptors (Lipinski definition) is 4. The van der Waals surface area contributed by atoms with Crippen LogP contribution in [0.3, 0.4) is 0 Å². The molecule has 0 radical (unpaired) electrons. The number of carbonyl (C=O) groups is 2. The second-order valence-electron chi connectivity index (χ2n) is 8.02. The second kappa shape index (κ2) is 8.27. The van der Waals surface area contributed by atoms with Gasteiger partial charge >= 0.3 is 0 Å². The van der Waals surface area contributed by atoms with Crippen LogP contribution in [0.15, 0.2) is 41.4 Å². The largest absolute Gasteiger partial charge is 0.508 e. The van der Waals surface area contributed by atoms with Crippen LogP contribution in [0, 0.1) is 23.7 Å². The number of allylic oxidation sites excluding steroid dienone is 2. The number of aromatic hydroxyl groups is 1. The van der Waals surface area contributed by atoms with Gasteiger partial charge in [-0.2, -0.15) is 0 Å². The maximum atomic E-state index is 12.7. The molecule has 1 saturated heterocycles. The lowest BCUT2D eigenvalue weighted by Crippen LogP contribution is -2.44. The molecule has 29 heavy (non-hydrogen) atoms. The number of hydrogen-bond donors (Lipinski definition) is 3. The van der Waals surface area contributed by atoms with Crippen LogP contribution in [-0.2, 0) is 16.0 Å². The Morgan fingerprint density at radius 2 is 1.69 bits per heavy atom. The Hall–Kier alpha value is -2.83. The van der Waals surface area contributed by atoms with Crippen LogP contribution >= 0.6 is 0 Å². The molecular weight excluding hydrogens is 368 g/mol. The normalized spacial score (nSPS) is 27.6. The van der Waals surface area contributed by atoms with E-state index in [9.17, 15) is 14.7 Å². The molecule has 0 aromatic heterocycles. The van der Waals surface area contributed by atoms with E-state index in [-0.39, 0.29) is 41.2 Å². The number of carbonyl (C=O) groups excluding carboxylic acids is 2. The van der Waals surface area contributed by atoms with Gasteiger partial charge in [0.15, 0.2) is 5.96 Å². The molecule has 1 aliphatic heterocycles. The van der Waals surface area contributed by atoms with E-state index in [2.05, 4.69) is 27.8 Å². The summed E-state index contributed by atoms with van der Waals surface area (Å²) in [5.41, 5.74) is 1.17. The number of nitrogens with one attached hydrogen (secondary N) is 2. The van der Waals surface area contributed by atoms with E-state index < -0.39 is 0 Å².